The highest BCUT2D eigenvalue weighted by atomic mass is 33.1. The first-order valence-corrected chi connectivity index (χ1v) is 26.3. The van der Waals surface area contributed by atoms with Crippen molar-refractivity contribution in [2.75, 3.05) is 12.3 Å². The number of nitrogens with two attached hydrogens (primary N) is 3. The number of aromatic nitrogens is 1. The van der Waals surface area contributed by atoms with Crippen LogP contribution in [0.25, 0.3) is 10.9 Å². The molecule has 0 aliphatic carbocycles. The van der Waals surface area contributed by atoms with Gasteiger partial charge in [0.05, 0.1) is 18.2 Å². The number of rotatable bonds is 16. The van der Waals surface area contributed by atoms with Crippen LogP contribution in [0.15, 0.2) is 85.1 Å². The fraction of sp³-hybridized carbons (Fsp3) is 0.440. The largest absolute Gasteiger partial charge is 0.508 e. The third kappa shape index (κ3) is 16.4. The molecular weight excluding hydrogens is 995 g/mol. The molecule has 24 heteroatoms. The van der Waals surface area contributed by atoms with E-state index < -0.39 is 113 Å². The maximum atomic E-state index is 14.8. The summed E-state index contributed by atoms with van der Waals surface area (Å²) in [6.45, 7) is 5.57. The van der Waals surface area contributed by atoms with E-state index in [1.165, 1.54) is 52.0 Å². The molecule has 1 saturated heterocycles. The van der Waals surface area contributed by atoms with Crippen molar-refractivity contribution in [2.24, 2.45) is 17.2 Å². The van der Waals surface area contributed by atoms with Gasteiger partial charge in [0, 0.05) is 40.4 Å². The number of benzene rings is 3. The molecule has 1 aliphatic rings. The molecule has 3 aromatic carbocycles. The summed E-state index contributed by atoms with van der Waals surface area (Å²) in [5, 5.41) is 50.5. The molecule has 8 amide bonds. The number of primary amides is 1. The lowest BCUT2D eigenvalue weighted by atomic mass is 9.99. The fourth-order valence-corrected chi connectivity index (χ4v) is 10.9. The molecule has 10 atom stereocenters. The van der Waals surface area contributed by atoms with Crippen LogP contribution in [0.3, 0.4) is 0 Å². The summed E-state index contributed by atoms with van der Waals surface area (Å²) < 4.78 is -1.42. The summed E-state index contributed by atoms with van der Waals surface area (Å²) >= 11 is 0. The number of aliphatic hydroxyl groups excluding tert-OH is 2. The summed E-state index contributed by atoms with van der Waals surface area (Å²) in [5.74, 6) is -7.70. The summed E-state index contributed by atoms with van der Waals surface area (Å²) in [5.41, 5.74) is 20.3. The highest BCUT2D eigenvalue weighted by Gasteiger charge is 2.43. The zero-order valence-corrected chi connectivity index (χ0v) is 43.1. The van der Waals surface area contributed by atoms with E-state index in [1.54, 1.807) is 42.6 Å². The van der Waals surface area contributed by atoms with E-state index in [4.69, 9.17) is 17.2 Å². The number of aliphatic hydroxyl groups is 2. The molecule has 0 bridgehead atoms. The maximum absolute atomic E-state index is 14.8. The Morgan fingerprint density at radius 3 is 2.01 bits per heavy atom. The van der Waals surface area contributed by atoms with E-state index in [0.717, 1.165) is 38.1 Å². The Balaban J connectivity index is 1.62. The van der Waals surface area contributed by atoms with Crippen molar-refractivity contribution in [3.63, 3.8) is 0 Å². The van der Waals surface area contributed by atoms with E-state index in [2.05, 4.69) is 42.2 Å². The van der Waals surface area contributed by atoms with E-state index in [0.29, 0.717) is 11.1 Å². The molecular formula is C50H67N11O11S2. The third-order valence-corrected chi connectivity index (χ3v) is 15.5. The smallest absolute Gasteiger partial charge is 0.245 e. The van der Waals surface area contributed by atoms with Crippen LogP contribution in [0.4, 0.5) is 0 Å². The summed E-state index contributed by atoms with van der Waals surface area (Å²) in [6, 6.07) is 10.1. The molecule has 1 aliphatic heterocycles. The number of aromatic amines is 1. The molecule has 400 valence electrons. The molecule has 5 rings (SSSR count). The van der Waals surface area contributed by atoms with E-state index in [9.17, 15) is 53.7 Å². The van der Waals surface area contributed by atoms with Gasteiger partial charge in [-0.3, -0.25) is 38.4 Å². The van der Waals surface area contributed by atoms with Gasteiger partial charge in [-0.25, -0.2) is 0 Å². The number of aromatic hydroxyl groups is 1. The molecule has 22 nitrogen and oxygen atoms in total. The van der Waals surface area contributed by atoms with Crippen molar-refractivity contribution in [2.45, 2.75) is 125 Å². The van der Waals surface area contributed by atoms with Crippen LogP contribution in [0.2, 0.25) is 0 Å². The van der Waals surface area contributed by atoms with Crippen molar-refractivity contribution in [3.8, 4) is 5.75 Å². The van der Waals surface area contributed by atoms with Gasteiger partial charge in [0.25, 0.3) is 0 Å². The second-order valence-electron chi connectivity index (χ2n) is 18.7. The normalized spacial score (nSPS) is 23.1. The first kappa shape index (κ1) is 58.2. The second-order valence-corrected chi connectivity index (χ2v) is 21.7. The van der Waals surface area contributed by atoms with Crippen molar-refractivity contribution < 1.29 is 53.7 Å². The Kier molecular flexibility index (Phi) is 21.2. The Hall–Kier alpha value is -6.70. The van der Waals surface area contributed by atoms with Crippen molar-refractivity contribution in [3.05, 3.63) is 102 Å². The molecule has 1 aromatic heterocycles. The van der Waals surface area contributed by atoms with Crippen LogP contribution >= 0.6 is 21.6 Å². The van der Waals surface area contributed by atoms with Gasteiger partial charge in [0.2, 0.25) is 47.3 Å². The summed E-state index contributed by atoms with van der Waals surface area (Å²) in [6.07, 6.45) is -1.53. The van der Waals surface area contributed by atoms with Crippen molar-refractivity contribution in [1.82, 2.24) is 42.2 Å². The topological polar surface area (TPSA) is 375 Å². The van der Waals surface area contributed by atoms with Gasteiger partial charge in [0.15, 0.2) is 0 Å². The summed E-state index contributed by atoms with van der Waals surface area (Å²) in [7, 11) is 1.94. The first-order valence-electron chi connectivity index (χ1n) is 24.0. The fourth-order valence-electron chi connectivity index (χ4n) is 8.05. The SMILES string of the molecule is C[C@H](O)[C@H]1NC(=O)[C@H](CCCN)NC(=O)[C@H](Cc2c[nH]c3ccccc23)NC(=O)[C@@H](Cc2ccc(O)cc2)NC(=O)[C@@H](NC(=O)[C@H](N)Cc2ccccc2)CSSC(C)(C)[C@@H](C(=O)N[C@H](C(N)=O)[C@@H](C)O)NC1=O. The minimum Gasteiger partial charge on any atom is -0.508 e. The molecule has 1 fully saturated rings. The van der Waals surface area contributed by atoms with Crippen molar-refractivity contribution >= 4 is 79.7 Å². The number of carbonyl (C=O) groups is 8. The van der Waals surface area contributed by atoms with Crippen LogP contribution in [0, 0.1) is 0 Å². The average Bonchev–Trinajstić information content (AvgIpc) is 3.76. The van der Waals surface area contributed by atoms with Gasteiger partial charge >= 0.3 is 0 Å². The first-order chi connectivity index (χ1) is 35.1. The highest BCUT2D eigenvalue weighted by molar-refractivity contribution is 8.77. The van der Waals surface area contributed by atoms with Crippen LogP contribution in [-0.2, 0) is 57.6 Å². The van der Waals surface area contributed by atoms with Crippen LogP contribution in [0.1, 0.15) is 57.2 Å². The number of carbonyl (C=O) groups excluding carboxylic acids is 8. The number of para-hydroxylation sites is 1. The number of amides is 8. The number of phenolic OH excluding ortho intramolecular Hbond substituents is 1. The third-order valence-electron chi connectivity index (χ3n) is 12.2. The van der Waals surface area contributed by atoms with Gasteiger partial charge in [0.1, 0.15) is 48.0 Å². The summed E-state index contributed by atoms with van der Waals surface area (Å²) in [4.78, 5) is 116. The Morgan fingerprint density at radius 1 is 0.770 bits per heavy atom. The van der Waals surface area contributed by atoms with E-state index >= 15 is 0 Å². The van der Waals surface area contributed by atoms with E-state index in [-0.39, 0.29) is 50.2 Å². The number of hydrogen-bond acceptors (Lipinski definition) is 15. The predicted molar refractivity (Wildman–Crippen MR) is 280 cm³/mol. The van der Waals surface area contributed by atoms with E-state index in [1.807, 2.05) is 18.2 Å². The Morgan fingerprint density at radius 2 is 1.38 bits per heavy atom. The highest BCUT2D eigenvalue weighted by Crippen LogP contribution is 2.39. The van der Waals surface area contributed by atoms with Crippen LogP contribution < -0.4 is 54.4 Å². The van der Waals surface area contributed by atoms with Gasteiger partial charge in [-0.2, -0.15) is 0 Å². The quantitative estimate of drug-likeness (QED) is 0.0585. The van der Waals surface area contributed by atoms with Gasteiger partial charge in [-0.1, -0.05) is 82.3 Å². The molecule has 2 heterocycles. The lowest BCUT2D eigenvalue weighted by Crippen LogP contribution is -2.65. The second kappa shape index (κ2) is 27.0. The monoisotopic (exact) mass is 1060 g/mol. The molecule has 0 spiro atoms. The van der Waals surface area contributed by atoms with Crippen molar-refractivity contribution in [1.29, 1.82) is 0 Å². The van der Waals surface area contributed by atoms with Crippen LogP contribution in [-0.4, -0.2) is 145 Å². The average molecular weight is 1060 g/mol. The molecule has 74 heavy (non-hydrogen) atoms. The number of nitrogens with one attached hydrogen (secondary N) is 8. The molecule has 0 radical (unpaired) electrons. The number of H-pyrrole nitrogens is 1. The standard InChI is InChI=1S/C50H67N11O11S2/c1-26(62)39(42(53)65)59-49(72)41-50(3,4)74-73-25-38(58-43(66)33(52)21-28-11-6-5-7-12-28)47(70)56-36(22-29-16-18-31(64)19-17-29)45(68)57-37(23-30-24-54-34-14-9-8-13-32(30)34)46(69)55-35(15-10-20-51)44(67)60-40(27(2)63)48(71)61-41/h5-9,11-14,16-19,24,26-27,33,35-41,54,62-64H,10,15,20-23,25,51-52H2,1-4H3,(H2,53,65)(H,55,69)(H,56,70)(H,57,68)(H,58,66)(H,59,72)(H,60,67)(H,61,71)/t26-,27+,33-,35+,36-,37+,38+,39+,40-,41-/m1/s1. The molecule has 4 aromatic rings. The zero-order chi connectivity index (χ0) is 54.3. The molecule has 0 saturated carbocycles. The minimum absolute atomic E-state index is 0.0658. The zero-order valence-electron chi connectivity index (χ0n) is 41.5. The van der Waals surface area contributed by atoms with Crippen LogP contribution in [0.5, 0.6) is 5.75 Å². The lowest BCUT2D eigenvalue weighted by Gasteiger charge is -2.36. The maximum Gasteiger partial charge on any atom is 0.245 e. The molecule has 17 N–H and O–H groups in total. The number of fused-ring (bicyclic) bond motifs is 1. The molecule has 0 unspecified atom stereocenters. The minimum atomic E-state index is -1.76. The Bertz CT molecular complexity index is 2600. The Labute approximate surface area is 436 Å². The number of hydrogen-bond donors (Lipinski definition) is 14. The van der Waals surface area contributed by atoms with Gasteiger partial charge in [-0.05, 0) is 88.4 Å². The predicted octanol–water partition coefficient (Wildman–Crippen LogP) is -1.22. The lowest BCUT2D eigenvalue weighted by molar-refractivity contribution is -0.137. The van der Waals surface area contributed by atoms with Gasteiger partial charge in [-0.15, -0.1) is 0 Å². The van der Waals surface area contributed by atoms with Gasteiger partial charge < -0.3 is 74.7 Å². The number of phenols is 1.